The number of hydrogen-bond acceptors (Lipinski definition) is 3. The molecule has 5 nitrogen and oxygen atoms in total. The van der Waals surface area contributed by atoms with Gasteiger partial charge in [-0.3, -0.25) is 9.48 Å². The molecule has 2 aliphatic rings. The van der Waals surface area contributed by atoms with Crippen molar-refractivity contribution in [3.8, 4) is 0 Å². The third-order valence-corrected chi connectivity index (χ3v) is 4.56. The zero-order valence-electron chi connectivity index (χ0n) is 12.7. The first-order valence-corrected chi connectivity index (χ1v) is 8.32. The van der Waals surface area contributed by atoms with Crippen molar-refractivity contribution in [3.05, 3.63) is 46.2 Å². The van der Waals surface area contributed by atoms with E-state index in [0.717, 1.165) is 24.2 Å². The van der Waals surface area contributed by atoms with Gasteiger partial charge < -0.3 is 10.1 Å². The van der Waals surface area contributed by atoms with Crippen LogP contribution >= 0.6 is 11.6 Å². The van der Waals surface area contributed by atoms with Crippen molar-refractivity contribution >= 4 is 23.2 Å². The third-order valence-electron chi connectivity index (χ3n) is 4.32. The van der Waals surface area contributed by atoms with Gasteiger partial charge in [-0.25, -0.2) is 0 Å². The number of carbonyl (C=O) groups excluding carboxylic acids is 1. The molecular weight excluding hydrogens is 314 g/mol. The highest BCUT2D eigenvalue weighted by Crippen LogP contribution is 2.32. The van der Waals surface area contributed by atoms with Gasteiger partial charge in [0.2, 0.25) is 0 Å². The van der Waals surface area contributed by atoms with Crippen LogP contribution in [-0.2, 0) is 24.3 Å². The maximum Gasteiger partial charge on any atom is 0.276 e. The number of ether oxygens (including phenoxy) is 1. The second-order valence-electron chi connectivity index (χ2n) is 6.17. The average molecular weight is 332 g/mol. The van der Waals surface area contributed by atoms with Gasteiger partial charge in [-0.1, -0.05) is 17.7 Å². The first kappa shape index (κ1) is 14.7. The molecule has 1 aliphatic heterocycles. The van der Waals surface area contributed by atoms with E-state index in [-0.39, 0.29) is 5.91 Å². The maximum absolute atomic E-state index is 12.6. The number of nitrogens with one attached hydrogen (secondary N) is 1. The molecule has 1 aromatic heterocycles. The van der Waals surface area contributed by atoms with E-state index < -0.39 is 0 Å². The lowest BCUT2D eigenvalue weighted by molar-refractivity contribution is 0.0984. The van der Waals surface area contributed by atoms with Crippen molar-refractivity contribution < 1.29 is 9.53 Å². The first-order chi connectivity index (χ1) is 11.2. The topological polar surface area (TPSA) is 56.2 Å². The largest absolute Gasteiger partial charge is 0.376 e. The fraction of sp³-hybridized carbons (Fsp3) is 0.412. The summed E-state index contributed by atoms with van der Waals surface area (Å²) >= 11 is 5.97. The number of fused-ring (bicyclic) bond motifs is 1. The molecule has 1 saturated carbocycles. The number of hydrogen-bond donors (Lipinski definition) is 1. The van der Waals surface area contributed by atoms with Crippen LogP contribution in [0.3, 0.4) is 0 Å². The van der Waals surface area contributed by atoms with E-state index in [4.69, 9.17) is 16.3 Å². The monoisotopic (exact) mass is 331 g/mol. The Morgan fingerprint density at radius 3 is 3.09 bits per heavy atom. The Morgan fingerprint density at radius 1 is 1.43 bits per heavy atom. The van der Waals surface area contributed by atoms with E-state index in [1.807, 2.05) is 16.8 Å². The number of rotatable bonds is 4. The molecule has 0 atom stereocenters. The molecule has 1 fully saturated rings. The Kier molecular flexibility index (Phi) is 3.83. The van der Waals surface area contributed by atoms with Gasteiger partial charge in [-0.15, -0.1) is 0 Å². The minimum atomic E-state index is -0.205. The zero-order valence-corrected chi connectivity index (χ0v) is 13.5. The minimum Gasteiger partial charge on any atom is -0.376 e. The van der Waals surface area contributed by atoms with Crippen molar-refractivity contribution in [2.24, 2.45) is 5.92 Å². The van der Waals surface area contributed by atoms with Crippen LogP contribution in [0.2, 0.25) is 5.02 Å². The van der Waals surface area contributed by atoms with Crippen molar-refractivity contribution in [1.82, 2.24) is 9.78 Å². The molecule has 0 spiro atoms. The van der Waals surface area contributed by atoms with E-state index in [0.29, 0.717) is 35.5 Å². The summed E-state index contributed by atoms with van der Waals surface area (Å²) in [7, 11) is 0. The number of carbonyl (C=O) groups is 1. The third kappa shape index (κ3) is 3.12. The lowest BCUT2D eigenvalue weighted by Gasteiger charge is -2.15. The quantitative estimate of drug-likeness (QED) is 0.935. The average Bonchev–Trinajstić information content (AvgIpc) is 3.28. The van der Waals surface area contributed by atoms with Crippen molar-refractivity contribution in [3.63, 3.8) is 0 Å². The van der Waals surface area contributed by atoms with E-state index in [9.17, 15) is 4.79 Å². The SMILES string of the molecule is O=C(Nc1cccc(Cl)c1)c1nn(CC2CC2)c2c1COCC2. The summed E-state index contributed by atoms with van der Waals surface area (Å²) < 4.78 is 7.55. The number of nitrogens with zero attached hydrogens (tertiary/aromatic N) is 2. The van der Waals surface area contributed by atoms with Crippen molar-refractivity contribution in [1.29, 1.82) is 0 Å². The second kappa shape index (κ2) is 5.98. The fourth-order valence-electron chi connectivity index (χ4n) is 2.94. The summed E-state index contributed by atoms with van der Waals surface area (Å²) in [6, 6.07) is 7.12. The van der Waals surface area contributed by atoms with E-state index >= 15 is 0 Å². The van der Waals surface area contributed by atoms with Crippen molar-refractivity contribution in [2.45, 2.75) is 32.4 Å². The van der Waals surface area contributed by atoms with Gasteiger partial charge in [-0.2, -0.15) is 5.10 Å². The molecular formula is C17H18ClN3O2. The summed E-state index contributed by atoms with van der Waals surface area (Å²) in [4.78, 5) is 12.6. The molecule has 2 aromatic rings. The molecule has 4 rings (SSSR count). The van der Waals surface area contributed by atoms with Gasteiger partial charge in [0.1, 0.15) is 0 Å². The Balaban J connectivity index is 1.62. The normalized spacial score (nSPS) is 16.9. The van der Waals surface area contributed by atoms with Crippen molar-refractivity contribution in [2.75, 3.05) is 11.9 Å². The van der Waals surface area contributed by atoms with Crippen LogP contribution in [0.25, 0.3) is 0 Å². The van der Waals surface area contributed by atoms with E-state index in [1.54, 1.807) is 12.1 Å². The molecule has 2 heterocycles. The second-order valence-corrected chi connectivity index (χ2v) is 6.60. The highest BCUT2D eigenvalue weighted by atomic mass is 35.5. The van der Waals surface area contributed by atoms with Crippen LogP contribution in [0, 0.1) is 5.92 Å². The van der Waals surface area contributed by atoms with E-state index in [2.05, 4.69) is 10.4 Å². The summed E-state index contributed by atoms with van der Waals surface area (Å²) in [5.74, 6) is 0.509. The molecule has 0 saturated heterocycles. The number of aromatic nitrogens is 2. The molecule has 1 N–H and O–H groups in total. The molecule has 1 aromatic carbocycles. The Morgan fingerprint density at radius 2 is 2.30 bits per heavy atom. The zero-order chi connectivity index (χ0) is 15.8. The Hall–Kier alpha value is -1.85. The summed E-state index contributed by atoms with van der Waals surface area (Å²) in [5, 5.41) is 8.05. The van der Waals surface area contributed by atoms with Crippen LogP contribution in [0.4, 0.5) is 5.69 Å². The Bertz CT molecular complexity index is 752. The van der Waals surface area contributed by atoms with Gasteiger partial charge in [0, 0.05) is 34.9 Å². The lowest BCUT2D eigenvalue weighted by Crippen LogP contribution is -2.17. The minimum absolute atomic E-state index is 0.205. The van der Waals surface area contributed by atoms with Crippen LogP contribution in [0.1, 0.15) is 34.6 Å². The molecule has 0 bridgehead atoms. The molecule has 1 amide bonds. The number of anilines is 1. The number of amides is 1. The molecule has 0 radical (unpaired) electrons. The van der Waals surface area contributed by atoms with E-state index in [1.165, 1.54) is 12.8 Å². The predicted molar refractivity (Wildman–Crippen MR) is 87.7 cm³/mol. The number of halogens is 1. The summed E-state index contributed by atoms with van der Waals surface area (Å²) in [5.41, 5.74) is 3.22. The highest BCUT2D eigenvalue weighted by Gasteiger charge is 2.29. The molecule has 0 unspecified atom stereocenters. The summed E-state index contributed by atoms with van der Waals surface area (Å²) in [6.07, 6.45) is 3.34. The van der Waals surface area contributed by atoms with Crippen LogP contribution < -0.4 is 5.32 Å². The first-order valence-electron chi connectivity index (χ1n) is 7.94. The van der Waals surface area contributed by atoms with Gasteiger partial charge >= 0.3 is 0 Å². The van der Waals surface area contributed by atoms with Crippen LogP contribution in [0.5, 0.6) is 0 Å². The smallest absolute Gasteiger partial charge is 0.276 e. The standard InChI is InChI=1S/C17H18ClN3O2/c18-12-2-1-3-13(8-12)19-17(22)16-14-10-23-7-6-15(14)21(20-16)9-11-4-5-11/h1-3,8,11H,4-7,9-10H2,(H,19,22). The fourth-order valence-corrected chi connectivity index (χ4v) is 3.13. The lowest BCUT2D eigenvalue weighted by atomic mass is 10.1. The molecule has 23 heavy (non-hydrogen) atoms. The molecule has 1 aliphatic carbocycles. The Labute approximate surface area is 139 Å². The number of benzene rings is 1. The highest BCUT2D eigenvalue weighted by molar-refractivity contribution is 6.30. The summed E-state index contributed by atoms with van der Waals surface area (Å²) in [6.45, 7) is 2.06. The maximum atomic E-state index is 12.6. The van der Waals surface area contributed by atoms with Gasteiger partial charge in [0.05, 0.1) is 13.2 Å². The van der Waals surface area contributed by atoms with Gasteiger partial charge in [0.25, 0.3) is 5.91 Å². The van der Waals surface area contributed by atoms with Crippen LogP contribution in [-0.4, -0.2) is 22.3 Å². The molecule has 120 valence electrons. The van der Waals surface area contributed by atoms with Crippen LogP contribution in [0.15, 0.2) is 24.3 Å². The van der Waals surface area contributed by atoms with Gasteiger partial charge in [-0.05, 0) is 37.0 Å². The predicted octanol–water partition coefficient (Wildman–Crippen LogP) is 3.27. The molecule has 6 heteroatoms. The van der Waals surface area contributed by atoms with Gasteiger partial charge in [0.15, 0.2) is 5.69 Å².